The van der Waals surface area contributed by atoms with E-state index in [2.05, 4.69) is 11.0 Å². The summed E-state index contributed by atoms with van der Waals surface area (Å²) in [6.07, 6.45) is 2.44. The maximum atomic E-state index is 12.4. The number of benzene rings is 1. The number of anilines is 2. The Balaban J connectivity index is 2.96. The lowest BCUT2D eigenvalue weighted by molar-refractivity contribution is -0.137. The maximum absolute atomic E-state index is 12.4. The molecule has 0 fully saturated rings. The number of terminal acetylenes is 1. The van der Waals surface area contributed by atoms with Crippen LogP contribution in [0.4, 0.5) is 24.5 Å². The molecule has 6 heteroatoms. The number of hydrogen-bond acceptors (Lipinski definition) is 3. The number of alkyl halides is 3. The average Bonchev–Trinajstić information content (AvgIpc) is 2.27. The van der Waals surface area contributed by atoms with Crippen LogP contribution < -0.4 is 10.7 Å². The number of hydrazone groups is 1. The Kier molecular flexibility index (Phi) is 4.21. The van der Waals surface area contributed by atoms with Gasteiger partial charge in [-0.15, -0.1) is 12.3 Å². The van der Waals surface area contributed by atoms with Gasteiger partial charge in [0.2, 0.25) is 0 Å². The van der Waals surface area contributed by atoms with Crippen molar-refractivity contribution in [1.82, 2.24) is 0 Å². The van der Waals surface area contributed by atoms with Gasteiger partial charge >= 0.3 is 6.18 Å². The predicted octanol–water partition coefficient (Wildman–Crippen LogP) is 2.73. The lowest BCUT2D eigenvalue weighted by Crippen LogP contribution is -2.13. The average molecular weight is 255 g/mol. The highest BCUT2D eigenvalue weighted by Gasteiger charge is 2.30. The van der Waals surface area contributed by atoms with E-state index in [1.54, 1.807) is 7.05 Å². The molecule has 96 valence electrons. The van der Waals surface area contributed by atoms with Crippen molar-refractivity contribution < 1.29 is 13.2 Å². The fourth-order valence-corrected chi connectivity index (χ4v) is 1.30. The van der Waals surface area contributed by atoms with Gasteiger partial charge in [-0.25, -0.2) is 0 Å². The van der Waals surface area contributed by atoms with Gasteiger partial charge in [0.1, 0.15) is 0 Å². The summed E-state index contributed by atoms with van der Waals surface area (Å²) in [6, 6.07) is 3.10. The van der Waals surface area contributed by atoms with Crippen molar-refractivity contribution in [3.8, 4) is 12.3 Å². The quantitative estimate of drug-likeness (QED) is 0.390. The number of nitrogen functional groups attached to an aromatic ring is 1. The standard InChI is InChI=1S/C12H12F3N3/c1-3-4-7-17-18(2)11-6-5-9(8-10(11)16)12(13,14)15/h1,5-8H,4,16H2,2H3/b17-7-. The molecule has 0 aliphatic heterocycles. The fourth-order valence-electron chi connectivity index (χ4n) is 1.30. The van der Waals surface area contributed by atoms with E-state index in [0.29, 0.717) is 12.1 Å². The van der Waals surface area contributed by atoms with Crippen molar-refractivity contribution in [1.29, 1.82) is 0 Å². The molecule has 0 aliphatic carbocycles. The van der Waals surface area contributed by atoms with E-state index < -0.39 is 11.7 Å². The first-order valence-electron chi connectivity index (χ1n) is 5.02. The molecule has 1 rings (SSSR count). The Morgan fingerprint density at radius 1 is 1.50 bits per heavy atom. The first kappa shape index (κ1) is 13.9. The molecule has 0 atom stereocenters. The third-order valence-corrected chi connectivity index (χ3v) is 2.17. The highest BCUT2D eigenvalue weighted by atomic mass is 19.4. The largest absolute Gasteiger partial charge is 0.416 e. The van der Waals surface area contributed by atoms with E-state index in [1.807, 2.05) is 0 Å². The van der Waals surface area contributed by atoms with Crippen molar-refractivity contribution in [3.05, 3.63) is 23.8 Å². The van der Waals surface area contributed by atoms with Crippen molar-refractivity contribution >= 4 is 17.6 Å². The zero-order valence-corrected chi connectivity index (χ0v) is 9.70. The monoisotopic (exact) mass is 255 g/mol. The van der Waals surface area contributed by atoms with Gasteiger partial charge in [-0.1, -0.05) is 0 Å². The SMILES string of the molecule is C#CC/C=N\N(C)c1ccc(C(F)(F)F)cc1N. The smallest absolute Gasteiger partial charge is 0.397 e. The van der Waals surface area contributed by atoms with Gasteiger partial charge in [-0.2, -0.15) is 18.3 Å². The highest BCUT2D eigenvalue weighted by Crippen LogP contribution is 2.33. The van der Waals surface area contributed by atoms with Gasteiger partial charge < -0.3 is 5.73 Å². The molecular formula is C12H12F3N3. The molecule has 0 aromatic heterocycles. The van der Waals surface area contributed by atoms with Crippen molar-refractivity contribution in [2.24, 2.45) is 5.10 Å². The molecule has 0 radical (unpaired) electrons. The minimum atomic E-state index is -4.40. The van der Waals surface area contributed by atoms with Crippen LogP contribution in [0.5, 0.6) is 0 Å². The molecule has 0 amide bonds. The Hall–Kier alpha value is -2.16. The van der Waals surface area contributed by atoms with Gasteiger partial charge in [-0.05, 0) is 18.2 Å². The Morgan fingerprint density at radius 2 is 2.17 bits per heavy atom. The molecule has 1 aromatic rings. The lowest BCUT2D eigenvalue weighted by atomic mass is 10.1. The van der Waals surface area contributed by atoms with Gasteiger partial charge in [0.25, 0.3) is 0 Å². The first-order valence-corrected chi connectivity index (χ1v) is 5.02. The van der Waals surface area contributed by atoms with E-state index in [9.17, 15) is 13.2 Å². The van der Waals surface area contributed by atoms with Crippen LogP contribution in [0.3, 0.4) is 0 Å². The van der Waals surface area contributed by atoms with Crippen LogP contribution in [-0.2, 0) is 6.18 Å². The second-order valence-corrected chi connectivity index (χ2v) is 3.50. The third-order valence-electron chi connectivity index (χ3n) is 2.17. The number of nitrogens with two attached hydrogens (primary N) is 1. The zero-order valence-electron chi connectivity index (χ0n) is 9.70. The number of rotatable bonds is 3. The van der Waals surface area contributed by atoms with Gasteiger partial charge in [0.15, 0.2) is 0 Å². The topological polar surface area (TPSA) is 41.6 Å². The van der Waals surface area contributed by atoms with E-state index in [-0.39, 0.29) is 5.69 Å². The van der Waals surface area contributed by atoms with E-state index in [1.165, 1.54) is 17.3 Å². The van der Waals surface area contributed by atoms with Gasteiger partial charge in [0.05, 0.1) is 16.9 Å². The molecule has 0 heterocycles. The van der Waals surface area contributed by atoms with Crippen LogP contribution >= 0.6 is 0 Å². The molecule has 3 nitrogen and oxygen atoms in total. The molecular weight excluding hydrogens is 243 g/mol. The Bertz CT molecular complexity index is 486. The Morgan fingerprint density at radius 3 is 2.67 bits per heavy atom. The second-order valence-electron chi connectivity index (χ2n) is 3.50. The summed E-state index contributed by atoms with van der Waals surface area (Å²) in [5, 5.41) is 5.31. The molecule has 0 saturated heterocycles. The molecule has 0 spiro atoms. The van der Waals surface area contributed by atoms with Crippen molar-refractivity contribution in [3.63, 3.8) is 0 Å². The van der Waals surface area contributed by atoms with E-state index in [4.69, 9.17) is 12.2 Å². The molecule has 0 saturated carbocycles. The molecule has 2 N–H and O–H groups in total. The summed E-state index contributed by atoms with van der Waals surface area (Å²) in [5.74, 6) is 2.36. The fraction of sp³-hybridized carbons (Fsp3) is 0.250. The summed E-state index contributed by atoms with van der Waals surface area (Å²) in [7, 11) is 1.58. The summed E-state index contributed by atoms with van der Waals surface area (Å²) in [6.45, 7) is 0. The molecule has 0 unspecified atom stereocenters. The molecule has 0 aliphatic rings. The van der Waals surface area contributed by atoms with Crippen LogP contribution in [0, 0.1) is 12.3 Å². The van der Waals surface area contributed by atoms with Crippen LogP contribution in [0.15, 0.2) is 23.3 Å². The van der Waals surface area contributed by atoms with Gasteiger partial charge in [0, 0.05) is 19.7 Å². The summed E-state index contributed by atoms with van der Waals surface area (Å²) in [5.41, 5.74) is 5.17. The molecule has 18 heavy (non-hydrogen) atoms. The minimum Gasteiger partial charge on any atom is -0.397 e. The zero-order chi connectivity index (χ0) is 13.8. The number of halogens is 3. The van der Waals surface area contributed by atoms with Gasteiger partial charge in [-0.3, -0.25) is 5.01 Å². The Labute approximate surface area is 103 Å². The number of hydrogen-bond donors (Lipinski definition) is 1. The molecule has 1 aromatic carbocycles. The summed E-state index contributed by atoms with van der Waals surface area (Å²) < 4.78 is 37.3. The number of nitrogens with zero attached hydrogens (tertiary/aromatic N) is 2. The predicted molar refractivity (Wildman–Crippen MR) is 66.2 cm³/mol. The van der Waals surface area contributed by atoms with Crippen LogP contribution in [0.1, 0.15) is 12.0 Å². The first-order chi connectivity index (χ1) is 8.36. The summed E-state index contributed by atoms with van der Waals surface area (Å²) >= 11 is 0. The van der Waals surface area contributed by atoms with Crippen LogP contribution in [-0.4, -0.2) is 13.3 Å². The van der Waals surface area contributed by atoms with E-state index in [0.717, 1.165) is 12.1 Å². The third kappa shape index (κ3) is 3.42. The van der Waals surface area contributed by atoms with Crippen molar-refractivity contribution in [2.75, 3.05) is 17.8 Å². The molecule has 0 bridgehead atoms. The maximum Gasteiger partial charge on any atom is 0.416 e. The van der Waals surface area contributed by atoms with Crippen LogP contribution in [0.25, 0.3) is 0 Å². The van der Waals surface area contributed by atoms with Crippen molar-refractivity contribution in [2.45, 2.75) is 12.6 Å². The lowest BCUT2D eigenvalue weighted by Gasteiger charge is -2.16. The van der Waals surface area contributed by atoms with E-state index >= 15 is 0 Å². The normalized spacial score (nSPS) is 11.5. The minimum absolute atomic E-state index is 0.00480. The van der Waals surface area contributed by atoms with Crippen LogP contribution in [0.2, 0.25) is 0 Å². The highest BCUT2D eigenvalue weighted by molar-refractivity contribution is 5.70. The second kappa shape index (κ2) is 5.45. The summed E-state index contributed by atoms with van der Waals surface area (Å²) in [4.78, 5) is 0.